The molecule has 0 saturated heterocycles. The van der Waals surface area contributed by atoms with Crippen molar-refractivity contribution >= 4 is 26.7 Å². The van der Waals surface area contributed by atoms with E-state index in [1.807, 2.05) is 0 Å². The van der Waals surface area contributed by atoms with Crippen LogP contribution in [-0.4, -0.2) is 11.5 Å². The molecule has 1 unspecified atom stereocenters. The van der Waals surface area contributed by atoms with Crippen LogP contribution in [0.5, 0.6) is 0 Å². The summed E-state index contributed by atoms with van der Waals surface area (Å²) < 4.78 is 38.6. The third-order valence-electron chi connectivity index (χ3n) is 3.43. The Morgan fingerprint density at radius 2 is 1.95 bits per heavy atom. The zero-order valence-corrected chi connectivity index (χ0v) is 12.4. The molecule has 1 heterocycles. The highest BCUT2D eigenvalue weighted by molar-refractivity contribution is 7.22. The van der Waals surface area contributed by atoms with Gasteiger partial charge in [0.25, 0.3) is 0 Å². The SMILES string of the molecule is CC(C)C(C)CNc1nc2cc(C(F)(F)F)ccc2s1. The number of fused-ring (bicyclic) bond motifs is 1. The Kier molecular flexibility index (Phi) is 4.22. The Bertz CT molecular complexity index is 590. The number of benzene rings is 1. The molecule has 1 N–H and O–H groups in total. The summed E-state index contributed by atoms with van der Waals surface area (Å²) in [5, 5.41) is 3.87. The highest BCUT2D eigenvalue weighted by atomic mass is 32.1. The van der Waals surface area contributed by atoms with E-state index in [0.29, 0.717) is 22.5 Å². The molecular formula is C14H17F3N2S. The molecule has 0 bridgehead atoms. The number of nitrogens with one attached hydrogen (secondary N) is 1. The van der Waals surface area contributed by atoms with Crippen LogP contribution >= 0.6 is 11.3 Å². The van der Waals surface area contributed by atoms with Gasteiger partial charge in [0.1, 0.15) is 0 Å². The van der Waals surface area contributed by atoms with Crippen LogP contribution < -0.4 is 5.32 Å². The van der Waals surface area contributed by atoms with Gasteiger partial charge in [0.05, 0.1) is 15.8 Å². The van der Waals surface area contributed by atoms with Gasteiger partial charge in [-0.2, -0.15) is 13.2 Å². The summed E-state index contributed by atoms with van der Waals surface area (Å²) in [6.07, 6.45) is -4.32. The second kappa shape index (κ2) is 5.60. The van der Waals surface area contributed by atoms with Crippen molar-refractivity contribution in [3.63, 3.8) is 0 Å². The Balaban J connectivity index is 2.17. The summed E-state index contributed by atoms with van der Waals surface area (Å²) in [5.74, 6) is 1.03. The molecule has 2 aromatic rings. The molecule has 2 rings (SSSR count). The molecular weight excluding hydrogens is 285 g/mol. The number of rotatable bonds is 4. The molecule has 0 aliphatic rings. The average Bonchev–Trinajstić information content (AvgIpc) is 2.76. The number of anilines is 1. The molecule has 0 spiro atoms. The molecule has 6 heteroatoms. The van der Waals surface area contributed by atoms with Gasteiger partial charge >= 0.3 is 6.18 Å². The minimum absolute atomic E-state index is 0.393. The highest BCUT2D eigenvalue weighted by Gasteiger charge is 2.30. The van der Waals surface area contributed by atoms with Crippen LogP contribution in [0.15, 0.2) is 18.2 Å². The van der Waals surface area contributed by atoms with Crippen LogP contribution in [0.3, 0.4) is 0 Å². The maximum atomic E-state index is 12.6. The topological polar surface area (TPSA) is 24.9 Å². The van der Waals surface area contributed by atoms with E-state index in [-0.39, 0.29) is 0 Å². The molecule has 110 valence electrons. The molecule has 0 aliphatic heterocycles. The Morgan fingerprint density at radius 1 is 1.25 bits per heavy atom. The van der Waals surface area contributed by atoms with Crippen LogP contribution in [0.4, 0.5) is 18.3 Å². The number of thiazole rings is 1. The monoisotopic (exact) mass is 302 g/mol. The van der Waals surface area contributed by atoms with E-state index in [4.69, 9.17) is 0 Å². The number of hydrogen-bond acceptors (Lipinski definition) is 3. The highest BCUT2D eigenvalue weighted by Crippen LogP contribution is 2.34. The zero-order chi connectivity index (χ0) is 14.9. The maximum Gasteiger partial charge on any atom is 0.416 e. The lowest BCUT2D eigenvalue weighted by molar-refractivity contribution is -0.137. The van der Waals surface area contributed by atoms with E-state index in [2.05, 4.69) is 31.1 Å². The standard InChI is InChI=1S/C14H17F3N2S/c1-8(2)9(3)7-18-13-19-11-6-10(14(15,16)17)4-5-12(11)20-13/h4-6,8-9H,7H2,1-3H3,(H,18,19). The second-order valence-electron chi connectivity index (χ2n) is 5.30. The number of aromatic nitrogens is 1. The van der Waals surface area contributed by atoms with Crippen molar-refractivity contribution in [2.24, 2.45) is 11.8 Å². The quantitative estimate of drug-likeness (QED) is 0.858. The van der Waals surface area contributed by atoms with Crippen LogP contribution in [0.1, 0.15) is 26.3 Å². The van der Waals surface area contributed by atoms with E-state index in [1.54, 1.807) is 0 Å². The fraction of sp³-hybridized carbons (Fsp3) is 0.500. The largest absolute Gasteiger partial charge is 0.416 e. The molecule has 1 aromatic carbocycles. The fourth-order valence-electron chi connectivity index (χ4n) is 1.66. The van der Waals surface area contributed by atoms with E-state index in [9.17, 15) is 13.2 Å². The summed E-state index contributed by atoms with van der Waals surface area (Å²) in [6.45, 7) is 7.18. The molecule has 1 atom stereocenters. The Hall–Kier alpha value is -1.30. The van der Waals surface area contributed by atoms with Gasteiger partial charge in [0, 0.05) is 6.54 Å². The first-order chi connectivity index (χ1) is 9.27. The maximum absolute atomic E-state index is 12.6. The lowest BCUT2D eigenvalue weighted by atomic mass is 9.98. The summed E-state index contributed by atoms with van der Waals surface area (Å²) in [6, 6.07) is 3.68. The van der Waals surface area contributed by atoms with Gasteiger partial charge in [-0.05, 0) is 30.0 Å². The van der Waals surface area contributed by atoms with Crippen molar-refractivity contribution in [3.8, 4) is 0 Å². The van der Waals surface area contributed by atoms with E-state index in [0.717, 1.165) is 23.4 Å². The predicted molar refractivity (Wildman–Crippen MR) is 77.1 cm³/mol. The normalized spacial score (nSPS) is 13.9. The third kappa shape index (κ3) is 3.42. The lowest BCUT2D eigenvalue weighted by Crippen LogP contribution is -2.15. The van der Waals surface area contributed by atoms with Crippen molar-refractivity contribution in [1.29, 1.82) is 0 Å². The first-order valence-electron chi connectivity index (χ1n) is 6.49. The van der Waals surface area contributed by atoms with Gasteiger partial charge in [-0.25, -0.2) is 4.98 Å². The molecule has 0 amide bonds. The van der Waals surface area contributed by atoms with Crippen molar-refractivity contribution in [2.75, 3.05) is 11.9 Å². The van der Waals surface area contributed by atoms with Crippen molar-refractivity contribution in [2.45, 2.75) is 26.9 Å². The minimum atomic E-state index is -4.32. The third-order valence-corrected chi connectivity index (χ3v) is 4.42. The van der Waals surface area contributed by atoms with Crippen molar-refractivity contribution in [3.05, 3.63) is 23.8 Å². The van der Waals surface area contributed by atoms with Gasteiger partial charge in [-0.3, -0.25) is 0 Å². The van der Waals surface area contributed by atoms with E-state index < -0.39 is 11.7 Å². The Labute approximate surface area is 120 Å². The van der Waals surface area contributed by atoms with Crippen molar-refractivity contribution in [1.82, 2.24) is 4.98 Å². The molecule has 0 aliphatic carbocycles. The molecule has 2 nitrogen and oxygen atoms in total. The van der Waals surface area contributed by atoms with Crippen LogP contribution in [0.2, 0.25) is 0 Å². The van der Waals surface area contributed by atoms with Crippen LogP contribution in [0, 0.1) is 11.8 Å². The van der Waals surface area contributed by atoms with E-state index >= 15 is 0 Å². The summed E-state index contributed by atoms with van der Waals surface area (Å²) >= 11 is 1.38. The van der Waals surface area contributed by atoms with Crippen molar-refractivity contribution < 1.29 is 13.2 Å². The molecule has 1 aromatic heterocycles. The molecule has 0 fully saturated rings. The summed E-state index contributed by atoms with van der Waals surface area (Å²) in [4.78, 5) is 4.23. The molecule has 0 radical (unpaired) electrons. The first-order valence-corrected chi connectivity index (χ1v) is 7.30. The zero-order valence-electron chi connectivity index (χ0n) is 11.6. The van der Waals surface area contributed by atoms with Crippen LogP contribution in [-0.2, 0) is 6.18 Å². The number of hydrogen-bond donors (Lipinski definition) is 1. The number of alkyl halides is 3. The second-order valence-corrected chi connectivity index (χ2v) is 6.33. The summed E-state index contributed by atoms with van der Waals surface area (Å²) in [7, 11) is 0. The van der Waals surface area contributed by atoms with Gasteiger partial charge in [-0.1, -0.05) is 32.1 Å². The van der Waals surface area contributed by atoms with Gasteiger partial charge in [0.2, 0.25) is 0 Å². The van der Waals surface area contributed by atoms with Gasteiger partial charge < -0.3 is 5.32 Å². The Morgan fingerprint density at radius 3 is 2.55 bits per heavy atom. The fourth-order valence-corrected chi connectivity index (χ4v) is 2.52. The minimum Gasteiger partial charge on any atom is -0.361 e. The first kappa shape index (κ1) is 15.1. The number of halogens is 3. The number of nitrogens with zero attached hydrogens (tertiary/aromatic N) is 1. The average molecular weight is 302 g/mol. The predicted octanol–water partition coefficient (Wildman–Crippen LogP) is 5.02. The van der Waals surface area contributed by atoms with Gasteiger partial charge in [-0.15, -0.1) is 0 Å². The molecule has 0 saturated carbocycles. The smallest absolute Gasteiger partial charge is 0.361 e. The van der Waals surface area contributed by atoms with E-state index in [1.165, 1.54) is 17.4 Å². The van der Waals surface area contributed by atoms with Crippen LogP contribution in [0.25, 0.3) is 10.2 Å². The molecule has 20 heavy (non-hydrogen) atoms. The van der Waals surface area contributed by atoms with Gasteiger partial charge in [0.15, 0.2) is 5.13 Å². The lowest BCUT2D eigenvalue weighted by Gasteiger charge is -2.15. The summed E-state index contributed by atoms with van der Waals surface area (Å²) in [5.41, 5.74) is -0.262.